The Morgan fingerprint density at radius 3 is 2.17 bits per heavy atom. The van der Waals surface area contributed by atoms with Gasteiger partial charge >= 0.3 is 0 Å². The molecular weight excluding hydrogens is 280 g/mol. The first-order valence-electron chi connectivity index (χ1n) is 8.54. The molecule has 2 aromatic rings. The topological polar surface area (TPSA) is 27.0 Å². The van der Waals surface area contributed by atoms with Crippen molar-refractivity contribution in [2.75, 3.05) is 13.1 Å². The second kappa shape index (κ2) is 7.94. The second-order valence-electron chi connectivity index (χ2n) is 6.56. The monoisotopic (exact) mass is 304 g/mol. The van der Waals surface area contributed by atoms with E-state index in [1.54, 1.807) is 0 Å². The number of nitrogens with zero attached hydrogens (tertiary/aromatic N) is 2. The van der Waals surface area contributed by atoms with Gasteiger partial charge in [0, 0.05) is 6.54 Å². The molecule has 0 spiro atoms. The Hall–Kier alpha value is -2.11. The molecule has 0 unspecified atom stereocenters. The summed E-state index contributed by atoms with van der Waals surface area (Å²) < 4.78 is 0. The molecule has 1 aliphatic rings. The maximum Gasteiger partial charge on any atom is 0.0669 e. The van der Waals surface area contributed by atoms with Crippen LogP contribution in [0.25, 0.3) is 0 Å². The zero-order chi connectivity index (χ0) is 15.9. The lowest BCUT2D eigenvalue weighted by molar-refractivity contribution is 0.177. The Morgan fingerprint density at radius 1 is 0.870 bits per heavy atom. The number of benzene rings is 2. The van der Waals surface area contributed by atoms with E-state index in [9.17, 15) is 0 Å². The maximum absolute atomic E-state index is 8.72. The molecular formula is C21H24N2. The molecule has 0 bridgehead atoms. The standard InChI is InChI=1S/C21H24N2/c22-13-10-18-6-8-21(9-7-18)17-23-14-11-20(12-15-23)16-19-4-2-1-3-5-19/h1-9,20H,10-12,14-17H2. The minimum atomic E-state index is 0.505. The van der Waals surface area contributed by atoms with E-state index in [2.05, 4.69) is 65.6 Å². The van der Waals surface area contributed by atoms with Gasteiger partial charge in [0.05, 0.1) is 12.5 Å². The van der Waals surface area contributed by atoms with Gasteiger partial charge in [0.25, 0.3) is 0 Å². The van der Waals surface area contributed by atoms with Gasteiger partial charge in [0.15, 0.2) is 0 Å². The Bertz CT molecular complexity index is 632. The van der Waals surface area contributed by atoms with Crippen molar-refractivity contribution < 1.29 is 0 Å². The predicted molar refractivity (Wildman–Crippen MR) is 93.9 cm³/mol. The molecule has 0 aromatic heterocycles. The van der Waals surface area contributed by atoms with E-state index in [1.807, 2.05) is 0 Å². The van der Waals surface area contributed by atoms with Crippen LogP contribution in [0.4, 0.5) is 0 Å². The zero-order valence-corrected chi connectivity index (χ0v) is 13.6. The maximum atomic E-state index is 8.72. The van der Waals surface area contributed by atoms with Gasteiger partial charge in [-0.25, -0.2) is 0 Å². The minimum absolute atomic E-state index is 0.505. The number of rotatable bonds is 5. The molecule has 23 heavy (non-hydrogen) atoms. The van der Waals surface area contributed by atoms with Crippen molar-refractivity contribution in [1.29, 1.82) is 5.26 Å². The first-order chi connectivity index (χ1) is 11.3. The fourth-order valence-electron chi connectivity index (χ4n) is 3.41. The van der Waals surface area contributed by atoms with Gasteiger partial charge in [-0.3, -0.25) is 4.90 Å². The van der Waals surface area contributed by atoms with E-state index in [4.69, 9.17) is 5.26 Å². The Morgan fingerprint density at radius 2 is 1.52 bits per heavy atom. The Labute approximate surface area is 139 Å². The van der Waals surface area contributed by atoms with Gasteiger partial charge in [-0.05, 0) is 55.0 Å². The number of hydrogen-bond donors (Lipinski definition) is 0. The van der Waals surface area contributed by atoms with E-state index in [0.717, 1.165) is 18.0 Å². The number of hydrogen-bond acceptors (Lipinski definition) is 2. The second-order valence-corrected chi connectivity index (χ2v) is 6.56. The SMILES string of the molecule is N#CCc1ccc(CN2CCC(Cc3ccccc3)CC2)cc1. The average Bonchev–Trinajstić information content (AvgIpc) is 2.60. The van der Waals surface area contributed by atoms with Crippen molar-refractivity contribution in [1.82, 2.24) is 4.90 Å². The molecule has 3 rings (SSSR count). The molecule has 2 aromatic carbocycles. The molecule has 0 saturated carbocycles. The number of nitriles is 1. The van der Waals surface area contributed by atoms with Crippen LogP contribution in [-0.4, -0.2) is 18.0 Å². The molecule has 2 nitrogen and oxygen atoms in total. The molecule has 118 valence electrons. The van der Waals surface area contributed by atoms with Crippen LogP contribution in [-0.2, 0) is 19.4 Å². The van der Waals surface area contributed by atoms with Crippen LogP contribution >= 0.6 is 0 Å². The first-order valence-corrected chi connectivity index (χ1v) is 8.54. The summed E-state index contributed by atoms with van der Waals surface area (Å²) in [5.74, 6) is 0.826. The summed E-state index contributed by atoms with van der Waals surface area (Å²) in [6.45, 7) is 3.42. The van der Waals surface area contributed by atoms with Gasteiger partial charge in [-0.15, -0.1) is 0 Å². The van der Waals surface area contributed by atoms with Crippen LogP contribution in [0.5, 0.6) is 0 Å². The van der Waals surface area contributed by atoms with Crippen molar-refractivity contribution in [3.8, 4) is 6.07 Å². The molecule has 0 N–H and O–H groups in total. The highest BCUT2D eigenvalue weighted by molar-refractivity contribution is 5.24. The summed E-state index contributed by atoms with van der Waals surface area (Å²) in [4.78, 5) is 2.56. The quantitative estimate of drug-likeness (QED) is 0.827. The lowest BCUT2D eigenvalue weighted by atomic mass is 9.90. The van der Waals surface area contributed by atoms with Crippen molar-refractivity contribution in [2.24, 2.45) is 5.92 Å². The van der Waals surface area contributed by atoms with Crippen LogP contribution in [0.15, 0.2) is 54.6 Å². The van der Waals surface area contributed by atoms with E-state index in [-0.39, 0.29) is 0 Å². The van der Waals surface area contributed by atoms with E-state index in [1.165, 1.54) is 43.5 Å². The smallest absolute Gasteiger partial charge is 0.0669 e. The fourth-order valence-corrected chi connectivity index (χ4v) is 3.41. The average molecular weight is 304 g/mol. The molecule has 1 fully saturated rings. The van der Waals surface area contributed by atoms with E-state index >= 15 is 0 Å². The third-order valence-electron chi connectivity index (χ3n) is 4.79. The summed E-state index contributed by atoms with van der Waals surface area (Å²) in [6, 6.07) is 21.6. The van der Waals surface area contributed by atoms with E-state index in [0.29, 0.717) is 6.42 Å². The number of piperidine rings is 1. The lowest BCUT2D eigenvalue weighted by Crippen LogP contribution is -2.33. The van der Waals surface area contributed by atoms with Crippen molar-refractivity contribution in [3.05, 3.63) is 71.3 Å². The molecule has 1 aliphatic heterocycles. The minimum Gasteiger partial charge on any atom is -0.299 e. The number of likely N-dealkylation sites (tertiary alicyclic amines) is 1. The third kappa shape index (κ3) is 4.68. The zero-order valence-electron chi connectivity index (χ0n) is 13.6. The highest BCUT2D eigenvalue weighted by Crippen LogP contribution is 2.22. The Kier molecular flexibility index (Phi) is 5.45. The molecule has 2 heteroatoms. The van der Waals surface area contributed by atoms with Crippen LogP contribution in [0.1, 0.15) is 29.5 Å². The Balaban J connectivity index is 1.46. The van der Waals surface area contributed by atoms with E-state index < -0.39 is 0 Å². The first kappa shape index (κ1) is 15.8. The molecule has 1 heterocycles. The molecule has 0 radical (unpaired) electrons. The normalized spacial score (nSPS) is 16.1. The van der Waals surface area contributed by atoms with Gasteiger partial charge in [0.2, 0.25) is 0 Å². The van der Waals surface area contributed by atoms with Crippen molar-refractivity contribution in [3.63, 3.8) is 0 Å². The molecule has 1 saturated heterocycles. The summed E-state index contributed by atoms with van der Waals surface area (Å²) in [5, 5.41) is 8.72. The molecule has 0 amide bonds. The van der Waals surface area contributed by atoms with Gasteiger partial charge in [-0.1, -0.05) is 54.6 Å². The van der Waals surface area contributed by atoms with Crippen LogP contribution < -0.4 is 0 Å². The highest BCUT2D eigenvalue weighted by Gasteiger charge is 2.19. The molecule has 0 aliphatic carbocycles. The van der Waals surface area contributed by atoms with Crippen LogP contribution in [0, 0.1) is 17.2 Å². The highest BCUT2D eigenvalue weighted by atomic mass is 15.1. The summed E-state index contributed by atoms with van der Waals surface area (Å²) in [7, 11) is 0. The van der Waals surface area contributed by atoms with Gasteiger partial charge in [-0.2, -0.15) is 5.26 Å². The summed E-state index contributed by atoms with van der Waals surface area (Å²) >= 11 is 0. The third-order valence-corrected chi connectivity index (χ3v) is 4.79. The largest absolute Gasteiger partial charge is 0.299 e. The van der Waals surface area contributed by atoms with Crippen LogP contribution in [0.2, 0.25) is 0 Å². The fraction of sp³-hybridized carbons (Fsp3) is 0.381. The van der Waals surface area contributed by atoms with Crippen molar-refractivity contribution >= 4 is 0 Å². The lowest BCUT2D eigenvalue weighted by Gasteiger charge is -2.32. The summed E-state index contributed by atoms with van der Waals surface area (Å²) in [5.41, 5.74) is 3.94. The molecule has 0 atom stereocenters. The van der Waals surface area contributed by atoms with Gasteiger partial charge in [0.1, 0.15) is 0 Å². The van der Waals surface area contributed by atoms with Gasteiger partial charge < -0.3 is 0 Å². The van der Waals surface area contributed by atoms with Crippen LogP contribution in [0.3, 0.4) is 0 Å². The van der Waals surface area contributed by atoms with Crippen molar-refractivity contribution in [2.45, 2.75) is 32.2 Å². The summed E-state index contributed by atoms with van der Waals surface area (Å²) in [6.07, 6.45) is 4.31. The predicted octanol–water partition coefficient (Wildman–Crippen LogP) is 4.21.